The average molecular weight is 254 g/mol. The number of thioether (sulfide) groups is 2. The van der Waals surface area contributed by atoms with Crippen molar-refractivity contribution in [1.29, 1.82) is 0 Å². The molecule has 16 heavy (non-hydrogen) atoms. The van der Waals surface area contributed by atoms with Crippen molar-refractivity contribution in [3.63, 3.8) is 0 Å². The summed E-state index contributed by atoms with van der Waals surface area (Å²) in [4.78, 5) is 11.8. The number of methoxy groups -OCH3 is 1. The van der Waals surface area contributed by atoms with Gasteiger partial charge in [-0.3, -0.25) is 4.79 Å². The predicted molar refractivity (Wildman–Crippen MR) is 72.4 cm³/mol. The largest absolute Gasteiger partial charge is 0.497 e. The van der Waals surface area contributed by atoms with Crippen LogP contribution in [0.3, 0.4) is 0 Å². The Morgan fingerprint density at radius 2 is 1.75 bits per heavy atom. The van der Waals surface area contributed by atoms with Crippen LogP contribution in [0, 0.1) is 0 Å². The summed E-state index contributed by atoms with van der Waals surface area (Å²) in [5.41, 5.74) is 0.682. The normalized spacial score (nSPS) is 9.69. The van der Waals surface area contributed by atoms with E-state index in [0.717, 1.165) is 9.99 Å². The molecule has 0 saturated heterocycles. The first-order chi connectivity index (χ1) is 7.71. The van der Waals surface area contributed by atoms with Gasteiger partial charge in [-0.15, -0.1) is 23.5 Å². The van der Waals surface area contributed by atoms with E-state index in [0.29, 0.717) is 5.56 Å². The summed E-state index contributed by atoms with van der Waals surface area (Å²) in [6.07, 6.45) is 5.59. The predicted octanol–water partition coefficient (Wildman–Crippen LogP) is 3.45. The molecule has 0 aliphatic heterocycles. The van der Waals surface area contributed by atoms with Crippen LogP contribution in [-0.2, 0) is 0 Å². The zero-order chi connectivity index (χ0) is 12.0. The van der Waals surface area contributed by atoms with Crippen molar-refractivity contribution in [2.24, 2.45) is 0 Å². The molecule has 0 aromatic heterocycles. The zero-order valence-corrected chi connectivity index (χ0v) is 11.2. The fraction of sp³-hybridized carbons (Fsp3) is 0.250. The Hall–Kier alpha value is -0.870. The first-order valence-corrected chi connectivity index (χ1v) is 7.14. The number of rotatable bonds is 5. The van der Waals surface area contributed by atoms with Crippen molar-refractivity contribution in [3.8, 4) is 5.75 Å². The molecular formula is C12H14O2S2. The molecule has 0 unspecified atom stereocenters. The Morgan fingerprint density at radius 1 is 1.19 bits per heavy atom. The monoisotopic (exact) mass is 254 g/mol. The second kappa shape index (κ2) is 6.66. The van der Waals surface area contributed by atoms with Crippen LogP contribution >= 0.6 is 23.5 Å². The molecule has 1 rings (SSSR count). The lowest BCUT2D eigenvalue weighted by Crippen LogP contribution is -1.95. The van der Waals surface area contributed by atoms with E-state index in [1.807, 2.05) is 12.5 Å². The molecule has 0 N–H and O–H groups in total. The number of hydrogen-bond acceptors (Lipinski definition) is 4. The number of carbonyl (C=O) groups excluding carboxylic acids is 1. The van der Waals surface area contributed by atoms with E-state index in [-0.39, 0.29) is 5.78 Å². The Bertz CT molecular complexity index is 377. The summed E-state index contributed by atoms with van der Waals surface area (Å²) in [6.45, 7) is 0. The lowest BCUT2D eigenvalue weighted by Gasteiger charge is -2.01. The molecule has 0 bridgehead atoms. The number of hydrogen-bond donors (Lipinski definition) is 0. The van der Waals surface area contributed by atoms with Gasteiger partial charge in [0.2, 0.25) is 0 Å². The molecule has 0 aliphatic rings. The van der Waals surface area contributed by atoms with Crippen LogP contribution in [0.4, 0.5) is 0 Å². The minimum atomic E-state index is 0.0290. The Morgan fingerprint density at radius 3 is 2.19 bits per heavy atom. The minimum absolute atomic E-state index is 0.0290. The second-order valence-corrected chi connectivity index (χ2v) is 4.92. The average Bonchev–Trinajstić information content (AvgIpc) is 2.35. The number of ketones is 1. The fourth-order valence-corrected chi connectivity index (χ4v) is 2.26. The van der Waals surface area contributed by atoms with Crippen LogP contribution in [0.25, 0.3) is 0 Å². The summed E-state index contributed by atoms with van der Waals surface area (Å²) in [5, 5.41) is 0. The van der Waals surface area contributed by atoms with Gasteiger partial charge in [-0.1, -0.05) is 0 Å². The molecule has 0 fully saturated rings. The molecule has 0 saturated carbocycles. The molecule has 0 radical (unpaired) electrons. The van der Waals surface area contributed by atoms with Crippen LogP contribution in [0.1, 0.15) is 10.4 Å². The van der Waals surface area contributed by atoms with Gasteiger partial charge in [0.05, 0.1) is 7.11 Å². The number of benzene rings is 1. The number of allylic oxidation sites excluding steroid dienone is 1. The van der Waals surface area contributed by atoms with Gasteiger partial charge in [0.25, 0.3) is 0 Å². The van der Waals surface area contributed by atoms with Crippen molar-refractivity contribution in [1.82, 2.24) is 0 Å². The highest BCUT2D eigenvalue weighted by Crippen LogP contribution is 2.24. The van der Waals surface area contributed by atoms with Crippen molar-refractivity contribution >= 4 is 29.3 Å². The molecule has 0 spiro atoms. The van der Waals surface area contributed by atoms with E-state index in [2.05, 4.69) is 0 Å². The van der Waals surface area contributed by atoms with Crippen LogP contribution in [-0.4, -0.2) is 25.4 Å². The second-order valence-electron chi connectivity index (χ2n) is 2.96. The van der Waals surface area contributed by atoms with Crippen LogP contribution in [0.5, 0.6) is 5.75 Å². The number of ether oxygens (including phenoxy) is 1. The molecule has 1 aromatic rings. The highest BCUT2D eigenvalue weighted by Gasteiger charge is 2.04. The maximum absolute atomic E-state index is 11.8. The summed E-state index contributed by atoms with van der Waals surface area (Å²) >= 11 is 3.16. The molecule has 0 atom stereocenters. The van der Waals surface area contributed by atoms with Crippen molar-refractivity contribution in [2.75, 3.05) is 19.6 Å². The minimum Gasteiger partial charge on any atom is -0.497 e. The van der Waals surface area contributed by atoms with Gasteiger partial charge >= 0.3 is 0 Å². The fourth-order valence-electron chi connectivity index (χ4n) is 1.15. The molecule has 1 aromatic carbocycles. The SMILES string of the molecule is COc1ccc(C(=O)C=C(SC)SC)cc1. The Labute approximate surface area is 104 Å². The van der Waals surface area contributed by atoms with E-state index in [4.69, 9.17) is 4.74 Å². The first kappa shape index (κ1) is 13.2. The van der Waals surface area contributed by atoms with Crippen molar-refractivity contribution in [3.05, 3.63) is 40.1 Å². The Kier molecular flexibility index (Phi) is 5.49. The maximum atomic E-state index is 11.8. The summed E-state index contributed by atoms with van der Waals surface area (Å²) < 4.78 is 6.05. The standard InChI is InChI=1S/C12H14O2S2/c1-14-10-6-4-9(5-7-10)11(13)8-12(15-2)16-3/h4-8H,1-3H3. The zero-order valence-electron chi connectivity index (χ0n) is 9.52. The Balaban J connectivity index is 2.84. The maximum Gasteiger partial charge on any atom is 0.187 e. The number of carbonyl (C=O) groups is 1. The van der Waals surface area contributed by atoms with E-state index < -0.39 is 0 Å². The topological polar surface area (TPSA) is 26.3 Å². The van der Waals surface area contributed by atoms with E-state index in [1.165, 1.54) is 0 Å². The lowest BCUT2D eigenvalue weighted by atomic mass is 10.1. The van der Waals surface area contributed by atoms with Gasteiger partial charge in [0.15, 0.2) is 5.78 Å². The van der Waals surface area contributed by atoms with Crippen molar-refractivity contribution < 1.29 is 9.53 Å². The van der Waals surface area contributed by atoms with Gasteiger partial charge in [-0.25, -0.2) is 0 Å². The summed E-state index contributed by atoms with van der Waals surface area (Å²) in [6, 6.07) is 7.13. The third kappa shape index (κ3) is 3.61. The highest BCUT2D eigenvalue weighted by molar-refractivity contribution is 8.21. The van der Waals surface area contributed by atoms with Gasteiger partial charge in [-0.2, -0.15) is 0 Å². The first-order valence-electron chi connectivity index (χ1n) is 4.69. The lowest BCUT2D eigenvalue weighted by molar-refractivity contribution is 0.104. The highest BCUT2D eigenvalue weighted by atomic mass is 32.2. The van der Waals surface area contributed by atoms with Crippen LogP contribution in [0.15, 0.2) is 34.6 Å². The van der Waals surface area contributed by atoms with Gasteiger partial charge in [-0.05, 0) is 36.8 Å². The molecule has 0 heterocycles. The quantitative estimate of drug-likeness (QED) is 0.594. The molecule has 0 amide bonds. The van der Waals surface area contributed by atoms with E-state index >= 15 is 0 Å². The third-order valence-corrected chi connectivity index (χ3v) is 4.07. The van der Waals surface area contributed by atoms with E-state index in [9.17, 15) is 4.79 Å². The smallest absolute Gasteiger partial charge is 0.187 e. The molecule has 0 aliphatic carbocycles. The van der Waals surface area contributed by atoms with Gasteiger partial charge < -0.3 is 4.74 Å². The third-order valence-electron chi connectivity index (χ3n) is 2.03. The van der Waals surface area contributed by atoms with E-state index in [1.54, 1.807) is 61.0 Å². The molecule has 2 nitrogen and oxygen atoms in total. The van der Waals surface area contributed by atoms with Crippen LogP contribution in [0.2, 0.25) is 0 Å². The van der Waals surface area contributed by atoms with Crippen LogP contribution < -0.4 is 4.74 Å². The molecular weight excluding hydrogens is 240 g/mol. The summed E-state index contributed by atoms with van der Waals surface area (Å²) in [5.74, 6) is 0.789. The summed E-state index contributed by atoms with van der Waals surface area (Å²) in [7, 11) is 1.61. The molecule has 86 valence electrons. The van der Waals surface area contributed by atoms with Gasteiger partial charge in [0.1, 0.15) is 5.75 Å². The van der Waals surface area contributed by atoms with Crippen molar-refractivity contribution in [2.45, 2.75) is 0 Å². The van der Waals surface area contributed by atoms with Gasteiger partial charge in [0, 0.05) is 15.9 Å². The molecule has 4 heteroatoms.